The zero-order valence-corrected chi connectivity index (χ0v) is 22.4. The van der Waals surface area contributed by atoms with E-state index in [9.17, 15) is 23.9 Å². The number of amides is 2. The molecule has 2 aliphatic rings. The van der Waals surface area contributed by atoms with E-state index in [0.29, 0.717) is 25.0 Å². The minimum Gasteiger partial charge on any atom is -0.460 e. The second-order valence-electron chi connectivity index (χ2n) is 10.3. The smallest absolute Gasteiger partial charge is 0.329 e. The van der Waals surface area contributed by atoms with E-state index in [1.807, 2.05) is 20.8 Å². The van der Waals surface area contributed by atoms with Gasteiger partial charge in [0.25, 0.3) is 5.91 Å². The van der Waals surface area contributed by atoms with Crippen molar-refractivity contribution in [2.75, 3.05) is 13.1 Å². The predicted molar refractivity (Wildman–Crippen MR) is 139 cm³/mol. The van der Waals surface area contributed by atoms with Gasteiger partial charge in [-0.3, -0.25) is 9.59 Å². The third kappa shape index (κ3) is 8.11. The van der Waals surface area contributed by atoms with Gasteiger partial charge in [-0.2, -0.15) is 0 Å². The van der Waals surface area contributed by atoms with Gasteiger partial charge >= 0.3 is 5.97 Å². The zero-order chi connectivity index (χ0) is 27.8. The number of aliphatic hydroxyl groups is 1. The Morgan fingerprint density at radius 1 is 1.24 bits per heavy atom. The maximum Gasteiger partial charge on any atom is 0.329 e. The summed E-state index contributed by atoms with van der Waals surface area (Å²) in [4.78, 5) is 44.1. The maximum absolute atomic E-state index is 14.6. The number of hydrogen-bond donors (Lipinski definition) is 2. The molecule has 9 nitrogen and oxygen atoms in total. The maximum atomic E-state index is 14.6. The topological polar surface area (TPSA) is 122 Å². The number of nitrogens with one attached hydrogen (secondary N) is 1. The largest absolute Gasteiger partial charge is 0.460 e. The van der Waals surface area contributed by atoms with Crippen molar-refractivity contribution in [3.8, 4) is 0 Å². The Morgan fingerprint density at radius 2 is 2.00 bits per heavy atom. The molecule has 1 fully saturated rings. The summed E-state index contributed by atoms with van der Waals surface area (Å²) in [7, 11) is 0. The number of rotatable bonds is 1. The third-order valence-corrected chi connectivity index (χ3v) is 6.66. The molecule has 0 radical (unpaired) electrons. The lowest BCUT2D eigenvalue weighted by Crippen LogP contribution is -2.44. The van der Waals surface area contributed by atoms with Crippen LogP contribution in [0, 0.1) is 11.8 Å². The lowest BCUT2D eigenvalue weighted by Gasteiger charge is -2.29. The second kappa shape index (κ2) is 13.5. The molecule has 0 spiro atoms. The molecular weight excluding hydrogens is 493 g/mol. The van der Waals surface area contributed by atoms with Crippen molar-refractivity contribution in [2.45, 2.75) is 77.8 Å². The van der Waals surface area contributed by atoms with E-state index in [1.54, 1.807) is 25.2 Å². The molecule has 1 aromatic heterocycles. The third-order valence-electron chi connectivity index (χ3n) is 6.66. The molecule has 38 heavy (non-hydrogen) atoms. The number of oxazole rings is 1. The SMILES string of the molecule is CC1=C[C@@H](O)C[C@H](F)Cc2nc(co2)C(=O)N2CCC[C@@H]2C(=O)OC(C(C)C)[C@H](C)/C=C/C(=O)NCC=C1. The monoisotopic (exact) mass is 531 g/mol. The first-order valence-electron chi connectivity index (χ1n) is 13.1. The highest BCUT2D eigenvalue weighted by molar-refractivity contribution is 5.95. The van der Waals surface area contributed by atoms with E-state index in [1.165, 1.54) is 23.3 Å². The van der Waals surface area contributed by atoms with Gasteiger partial charge < -0.3 is 24.5 Å². The molecule has 1 unspecified atom stereocenters. The Balaban J connectivity index is 1.85. The minimum atomic E-state index is -1.45. The molecule has 10 heteroatoms. The van der Waals surface area contributed by atoms with E-state index in [2.05, 4.69) is 10.3 Å². The van der Waals surface area contributed by atoms with Gasteiger partial charge in [-0.05, 0) is 31.8 Å². The summed E-state index contributed by atoms with van der Waals surface area (Å²) in [5.41, 5.74) is 0.710. The first-order valence-corrected chi connectivity index (χ1v) is 13.1. The van der Waals surface area contributed by atoms with Crippen molar-refractivity contribution < 1.29 is 33.0 Å². The molecule has 1 saturated heterocycles. The van der Waals surface area contributed by atoms with Crippen LogP contribution in [0.4, 0.5) is 4.39 Å². The Labute approximate surface area is 222 Å². The van der Waals surface area contributed by atoms with Gasteiger partial charge in [-0.1, -0.05) is 50.6 Å². The summed E-state index contributed by atoms with van der Waals surface area (Å²) in [5.74, 6) is -1.51. The fraction of sp³-hybridized carbons (Fsp3) is 0.571. The first kappa shape index (κ1) is 29.3. The number of nitrogens with zero attached hydrogens (tertiary/aromatic N) is 2. The van der Waals surface area contributed by atoms with E-state index in [-0.39, 0.29) is 48.7 Å². The zero-order valence-electron chi connectivity index (χ0n) is 22.4. The number of aromatic nitrogens is 1. The van der Waals surface area contributed by atoms with Crippen molar-refractivity contribution in [3.05, 3.63) is 53.8 Å². The van der Waals surface area contributed by atoms with Gasteiger partial charge in [0, 0.05) is 25.4 Å². The van der Waals surface area contributed by atoms with E-state index in [0.717, 1.165) is 0 Å². The molecule has 5 atom stereocenters. The van der Waals surface area contributed by atoms with Crippen LogP contribution in [0.15, 0.2) is 46.6 Å². The molecule has 208 valence electrons. The Hall–Kier alpha value is -3.27. The van der Waals surface area contributed by atoms with Crippen molar-refractivity contribution >= 4 is 17.8 Å². The molecule has 2 amide bonds. The first-order chi connectivity index (χ1) is 18.0. The van der Waals surface area contributed by atoms with Gasteiger partial charge in [-0.15, -0.1) is 0 Å². The molecule has 0 aromatic carbocycles. The summed E-state index contributed by atoms with van der Waals surface area (Å²) in [5, 5.41) is 13.0. The van der Waals surface area contributed by atoms with Crippen LogP contribution in [-0.2, 0) is 20.7 Å². The highest BCUT2D eigenvalue weighted by atomic mass is 19.1. The molecule has 3 heterocycles. The number of fused-ring (bicyclic) bond motifs is 3. The Morgan fingerprint density at radius 3 is 2.74 bits per heavy atom. The van der Waals surface area contributed by atoms with Crippen molar-refractivity contribution in [1.82, 2.24) is 15.2 Å². The van der Waals surface area contributed by atoms with Crippen LogP contribution in [0.5, 0.6) is 0 Å². The summed E-state index contributed by atoms with van der Waals surface area (Å²) in [6, 6.07) is -0.768. The van der Waals surface area contributed by atoms with Crippen LogP contribution in [0.25, 0.3) is 0 Å². The van der Waals surface area contributed by atoms with Crippen LogP contribution < -0.4 is 5.32 Å². The highest BCUT2D eigenvalue weighted by Crippen LogP contribution is 2.25. The summed E-state index contributed by atoms with van der Waals surface area (Å²) < 4.78 is 25.8. The lowest BCUT2D eigenvalue weighted by molar-refractivity contribution is -0.158. The van der Waals surface area contributed by atoms with Crippen molar-refractivity contribution in [2.24, 2.45) is 11.8 Å². The van der Waals surface area contributed by atoms with Crippen LogP contribution in [-0.4, -0.2) is 70.3 Å². The van der Waals surface area contributed by atoms with Crippen LogP contribution in [0.2, 0.25) is 0 Å². The molecule has 1 aromatic rings. The van der Waals surface area contributed by atoms with Gasteiger partial charge in [0.2, 0.25) is 5.91 Å². The number of alkyl halides is 1. The molecule has 2 bridgehead atoms. The standard InChI is InChI=1S/C28H38FN3O6/c1-17(2)26-19(4)9-10-24(34)30-11-5-7-18(3)13-21(33)14-20(29)15-25-31-22(16-37-25)27(35)32-12-6-8-23(32)28(36)38-26/h5,7,9-10,13,16-17,19-21,23,26,33H,6,8,11-12,14-15H2,1-4H3,(H,30,34)/b7-5?,10-9+,18-13?/t19-,20+,21-,23-,26?/m1/s1. The molecule has 0 saturated carbocycles. The number of allylic oxidation sites excluding steroid dienone is 2. The van der Waals surface area contributed by atoms with Crippen molar-refractivity contribution in [3.63, 3.8) is 0 Å². The van der Waals surface area contributed by atoms with E-state index < -0.39 is 36.3 Å². The number of esters is 1. The average molecular weight is 532 g/mol. The quantitative estimate of drug-likeness (QED) is 0.533. The summed E-state index contributed by atoms with van der Waals surface area (Å²) in [6.45, 7) is 8.13. The predicted octanol–water partition coefficient (Wildman–Crippen LogP) is 3.30. The van der Waals surface area contributed by atoms with Gasteiger partial charge in [-0.25, -0.2) is 14.2 Å². The van der Waals surface area contributed by atoms with Crippen LogP contribution in [0.3, 0.4) is 0 Å². The number of carbonyl (C=O) groups excluding carboxylic acids is 3. The van der Waals surface area contributed by atoms with Gasteiger partial charge in [0.05, 0.1) is 12.5 Å². The molecule has 2 N–H and O–H groups in total. The number of cyclic esters (lactones) is 1. The van der Waals surface area contributed by atoms with E-state index in [4.69, 9.17) is 9.15 Å². The summed E-state index contributed by atoms with van der Waals surface area (Å²) in [6.07, 6.45) is 7.01. The number of ether oxygens (including phenoxy) is 1. The molecular formula is C28H38FN3O6. The number of hydrogen-bond acceptors (Lipinski definition) is 7. The Kier molecular flexibility index (Phi) is 10.4. The second-order valence-corrected chi connectivity index (χ2v) is 10.3. The van der Waals surface area contributed by atoms with Crippen LogP contribution >= 0.6 is 0 Å². The number of aliphatic hydroxyl groups excluding tert-OH is 1. The fourth-order valence-electron chi connectivity index (χ4n) is 4.74. The molecule has 0 aliphatic carbocycles. The summed E-state index contributed by atoms with van der Waals surface area (Å²) >= 11 is 0. The lowest BCUT2D eigenvalue weighted by atomic mass is 9.94. The van der Waals surface area contributed by atoms with E-state index >= 15 is 0 Å². The van der Waals surface area contributed by atoms with Gasteiger partial charge in [0.1, 0.15) is 24.6 Å². The molecule has 3 rings (SSSR count). The van der Waals surface area contributed by atoms with Gasteiger partial charge in [0.15, 0.2) is 11.6 Å². The highest BCUT2D eigenvalue weighted by Gasteiger charge is 2.38. The number of carbonyl (C=O) groups is 3. The Bertz CT molecular complexity index is 1080. The average Bonchev–Trinajstić information content (AvgIpc) is 3.52. The fourth-order valence-corrected chi connectivity index (χ4v) is 4.74. The normalized spacial score (nSPS) is 29.4. The van der Waals surface area contributed by atoms with Crippen LogP contribution in [0.1, 0.15) is 63.3 Å². The molecule has 2 aliphatic heterocycles. The number of halogens is 1. The van der Waals surface area contributed by atoms with Crippen molar-refractivity contribution in [1.29, 1.82) is 0 Å². The minimum absolute atomic E-state index is 0.00515.